The van der Waals surface area contributed by atoms with Gasteiger partial charge in [0.2, 0.25) is 5.91 Å². The van der Waals surface area contributed by atoms with Gasteiger partial charge in [0.15, 0.2) is 0 Å². The maximum Gasteiger partial charge on any atom is 0.254 e. The zero-order valence-electron chi connectivity index (χ0n) is 12.9. The van der Waals surface area contributed by atoms with Gasteiger partial charge >= 0.3 is 0 Å². The van der Waals surface area contributed by atoms with Crippen molar-refractivity contribution in [1.29, 1.82) is 0 Å². The predicted molar refractivity (Wildman–Crippen MR) is 79.1 cm³/mol. The highest BCUT2D eigenvalue weighted by molar-refractivity contribution is 5.76. The van der Waals surface area contributed by atoms with Crippen LogP contribution in [-0.2, 0) is 11.2 Å². The van der Waals surface area contributed by atoms with Crippen LogP contribution in [0.25, 0.3) is 0 Å². The van der Waals surface area contributed by atoms with Crippen LogP contribution in [0.5, 0.6) is 0 Å². The van der Waals surface area contributed by atoms with Gasteiger partial charge in [-0.05, 0) is 40.0 Å². The minimum Gasteiger partial charge on any atom is -0.390 e. The van der Waals surface area contributed by atoms with E-state index in [1.165, 1.54) is 0 Å². The van der Waals surface area contributed by atoms with Gasteiger partial charge in [-0.25, -0.2) is 4.98 Å². The van der Waals surface area contributed by atoms with E-state index in [4.69, 9.17) is 0 Å². The van der Waals surface area contributed by atoms with Gasteiger partial charge < -0.3 is 15.0 Å². The predicted octanol–water partition coefficient (Wildman–Crippen LogP) is 0.693. The third-order valence-electron chi connectivity index (χ3n) is 4.12. The molecule has 1 saturated heterocycles. The summed E-state index contributed by atoms with van der Waals surface area (Å²) in [6, 6.07) is 0. The van der Waals surface area contributed by atoms with Gasteiger partial charge in [-0.3, -0.25) is 9.59 Å². The van der Waals surface area contributed by atoms with Crippen molar-refractivity contribution < 1.29 is 9.90 Å². The van der Waals surface area contributed by atoms with Gasteiger partial charge in [-0.2, -0.15) is 0 Å². The molecule has 0 radical (unpaired) electrons. The lowest BCUT2D eigenvalue weighted by molar-refractivity contribution is -0.134. The van der Waals surface area contributed by atoms with Crippen molar-refractivity contribution in [3.63, 3.8) is 0 Å². The first-order chi connectivity index (χ1) is 9.78. The second kappa shape index (κ2) is 5.97. The summed E-state index contributed by atoms with van der Waals surface area (Å²) in [4.78, 5) is 32.7. The second-order valence-electron chi connectivity index (χ2n) is 6.09. The van der Waals surface area contributed by atoms with Crippen LogP contribution in [0.4, 0.5) is 0 Å². The van der Waals surface area contributed by atoms with E-state index < -0.39 is 5.60 Å². The number of rotatable bonds is 3. The highest BCUT2D eigenvalue weighted by Gasteiger charge is 2.29. The van der Waals surface area contributed by atoms with Crippen molar-refractivity contribution in [1.82, 2.24) is 14.9 Å². The van der Waals surface area contributed by atoms with Gasteiger partial charge in [0.1, 0.15) is 5.82 Å². The quantitative estimate of drug-likeness (QED) is 0.858. The Kier molecular flexibility index (Phi) is 4.46. The summed E-state index contributed by atoms with van der Waals surface area (Å²) in [6.07, 6.45) is 1.91. The maximum absolute atomic E-state index is 12.2. The number of piperidine rings is 1. The van der Waals surface area contributed by atoms with E-state index >= 15 is 0 Å². The van der Waals surface area contributed by atoms with Crippen LogP contribution >= 0.6 is 0 Å². The average Bonchev–Trinajstić information content (AvgIpc) is 2.37. The number of carbonyl (C=O) groups excluding carboxylic acids is 1. The Morgan fingerprint density at radius 1 is 1.38 bits per heavy atom. The van der Waals surface area contributed by atoms with E-state index in [1.807, 2.05) is 0 Å². The molecule has 116 valence electrons. The summed E-state index contributed by atoms with van der Waals surface area (Å²) >= 11 is 0. The van der Waals surface area contributed by atoms with Crippen molar-refractivity contribution in [2.24, 2.45) is 0 Å². The number of amides is 1. The molecule has 0 saturated carbocycles. The molecular formula is C15H23N3O3. The Morgan fingerprint density at radius 3 is 2.57 bits per heavy atom. The Labute approximate surface area is 124 Å². The third-order valence-corrected chi connectivity index (χ3v) is 4.12. The lowest BCUT2D eigenvalue weighted by Gasteiger charge is -2.35. The lowest BCUT2D eigenvalue weighted by Crippen LogP contribution is -2.45. The molecule has 0 aromatic carbocycles. The highest BCUT2D eigenvalue weighted by atomic mass is 16.3. The molecule has 0 spiro atoms. The first-order valence-electron chi connectivity index (χ1n) is 7.35. The molecule has 1 aromatic rings. The van der Waals surface area contributed by atoms with Crippen LogP contribution in [0.15, 0.2) is 4.79 Å². The first kappa shape index (κ1) is 15.7. The lowest BCUT2D eigenvalue weighted by atomic mass is 9.93. The molecule has 21 heavy (non-hydrogen) atoms. The highest BCUT2D eigenvalue weighted by Crippen LogP contribution is 2.21. The zero-order chi connectivity index (χ0) is 15.6. The van der Waals surface area contributed by atoms with Gasteiger partial charge in [-0.15, -0.1) is 0 Å². The summed E-state index contributed by atoms with van der Waals surface area (Å²) in [6.45, 7) is 6.49. The van der Waals surface area contributed by atoms with Crippen molar-refractivity contribution in [3.05, 3.63) is 27.4 Å². The van der Waals surface area contributed by atoms with Crippen molar-refractivity contribution >= 4 is 5.91 Å². The van der Waals surface area contributed by atoms with Crippen LogP contribution in [-0.4, -0.2) is 44.6 Å². The fraction of sp³-hybridized carbons (Fsp3) is 0.667. The zero-order valence-corrected chi connectivity index (χ0v) is 12.9. The summed E-state index contributed by atoms with van der Waals surface area (Å²) in [5, 5.41) is 9.89. The van der Waals surface area contributed by atoms with Crippen LogP contribution < -0.4 is 5.56 Å². The molecule has 0 atom stereocenters. The topological polar surface area (TPSA) is 86.3 Å². The second-order valence-corrected chi connectivity index (χ2v) is 6.09. The number of aryl methyl sites for hydroxylation is 2. The van der Waals surface area contributed by atoms with Crippen molar-refractivity contribution in [2.75, 3.05) is 13.1 Å². The third kappa shape index (κ3) is 3.91. The first-order valence-corrected chi connectivity index (χ1v) is 7.35. The molecule has 6 nitrogen and oxygen atoms in total. The molecule has 0 unspecified atom stereocenters. The molecule has 1 fully saturated rings. The minimum absolute atomic E-state index is 0.0323. The van der Waals surface area contributed by atoms with Crippen molar-refractivity contribution in [3.8, 4) is 0 Å². The molecule has 1 aliphatic rings. The smallest absolute Gasteiger partial charge is 0.254 e. The normalized spacial score (nSPS) is 17.8. The van der Waals surface area contributed by atoms with E-state index in [9.17, 15) is 14.7 Å². The summed E-state index contributed by atoms with van der Waals surface area (Å²) in [5.74, 6) is 0.621. The van der Waals surface area contributed by atoms with Gasteiger partial charge in [0.05, 0.1) is 5.60 Å². The fourth-order valence-corrected chi connectivity index (χ4v) is 2.67. The van der Waals surface area contributed by atoms with Crippen LogP contribution in [0, 0.1) is 13.8 Å². The van der Waals surface area contributed by atoms with E-state index in [-0.39, 0.29) is 11.5 Å². The number of aromatic amines is 1. The Balaban J connectivity index is 1.95. The largest absolute Gasteiger partial charge is 0.390 e. The maximum atomic E-state index is 12.2. The number of nitrogens with one attached hydrogen (secondary N) is 1. The molecule has 1 amide bonds. The molecule has 2 N–H and O–H groups in total. The molecule has 2 rings (SSSR count). The molecule has 6 heteroatoms. The Morgan fingerprint density at radius 2 is 2.00 bits per heavy atom. The monoisotopic (exact) mass is 293 g/mol. The van der Waals surface area contributed by atoms with Gasteiger partial charge in [0.25, 0.3) is 5.56 Å². The molecule has 1 aliphatic heterocycles. The van der Waals surface area contributed by atoms with Crippen LogP contribution in [0.2, 0.25) is 0 Å². The summed E-state index contributed by atoms with van der Waals surface area (Å²) in [7, 11) is 0. The van der Waals surface area contributed by atoms with Crippen molar-refractivity contribution in [2.45, 2.75) is 52.1 Å². The average molecular weight is 293 g/mol. The van der Waals surface area contributed by atoms with Gasteiger partial charge in [0, 0.05) is 30.8 Å². The minimum atomic E-state index is -0.661. The number of likely N-dealkylation sites (tertiary alicyclic amines) is 1. The standard InChI is InChI=1S/C15H23N3O3/c1-10-12(14(20)17-11(2)16-10)4-5-13(19)18-8-6-15(3,21)7-9-18/h21H,4-9H2,1-3H3,(H,16,17,20). The number of aliphatic hydroxyl groups is 1. The van der Waals surface area contributed by atoms with E-state index in [2.05, 4.69) is 9.97 Å². The fourth-order valence-electron chi connectivity index (χ4n) is 2.67. The number of carbonyl (C=O) groups is 1. The summed E-state index contributed by atoms with van der Waals surface area (Å²) < 4.78 is 0. The number of aromatic nitrogens is 2. The molecule has 1 aromatic heterocycles. The van der Waals surface area contributed by atoms with E-state index in [0.717, 1.165) is 0 Å². The SMILES string of the molecule is Cc1nc(C)c(CCC(=O)N2CCC(C)(O)CC2)c(=O)[nH]1. The van der Waals surface area contributed by atoms with E-state index in [0.29, 0.717) is 55.9 Å². The number of H-pyrrole nitrogens is 1. The number of nitrogens with zero attached hydrogens (tertiary/aromatic N) is 2. The molecule has 2 heterocycles. The molecule has 0 bridgehead atoms. The van der Waals surface area contributed by atoms with Gasteiger partial charge in [-0.1, -0.05) is 0 Å². The Hall–Kier alpha value is -1.69. The van der Waals surface area contributed by atoms with E-state index in [1.54, 1.807) is 25.7 Å². The number of hydrogen-bond donors (Lipinski definition) is 2. The summed E-state index contributed by atoms with van der Waals surface area (Å²) in [5.41, 5.74) is 0.448. The number of hydrogen-bond acceptors (Lipinski definition) is 4. The van der Waals surface area contributed by atoms with Crippen LogP contribution in [0.1, 0.15) is 43.3 Å². The molecular weight excluding hydrogens is 270 g/mol. The molecule has 0 aliphatic carbocycles. The van der Waals surface area contributed by atoms with Crippen LogP contribution in [0.3, 0.4) is 0 Å². The Bertz CT molecular complexity index is 582.